The summed E-state index contributed by atoms with van der Waals surface area (Å²) in [6.45, 7) is 9.68. The molecule has 3 fully saturated rings. The maximum absolute atomic E-state index is 13.1. The molecule has 7 rings (SSSR count). The van der Waals surface area contributed by atoms with Gasteiger partial charge in [0.25, 0.3) is 5.91 Å². The van der Waals surface area contributed by atoms with Crippen molar-refractivity contribution >= 4 is 29.4 Å². The Morgan fingerprint density at radius 2 is 1.70 bits per heavy atom. The number of rotatable bonds is 8. The largest absolute Gasteiger partial charge is 0.371 e. The van der Waals surface area contributed by atoms with Gasteiger partial charge in [-0.1, -0.05) is 38.1 Å². The van der Waals surface area contributed by atoms with E-state index in [9.17, 15) is 14.4 Å². The lowest BCUT2D eigenvalue weighted by molar-refractivity contribution is -0.136. The first kappa shape index (κ1) is 30.3. The molecule has 3 aromatic rings. The van der Waals surface area contributed by atoms with Crippen LogP contribution in [0.2, 0.25) is 0 Å². The van der Waals surface area contributed by atoms with E-state index < -0.39 is 6.04 Å². The van der Waals surface area contributed by atoms with Crippen LogP contribution in [0.1, 0.15) is 90.4 Å². The predicted molar refractivity (Wildman–Crippen MR) is 177 cm³/mol. The highest BCUT2D eigenvalue weighted by Gasteiger charge is 2.39. The molecule has 5 heterocycles. The molecule has 10 heteroatoms. The fraction of sp³-hybridized carbons (Fsp3) is 0.472. The Labute approximate surface area is 270 Å². The standard InChI is InChI=1S/C36H43N7O3/c1-23(2)28-18-37-36(38-19-28)39-29-12-15-42(16-13-29)30-6-3-24(4-7-30)20-41-14-11-26(21-41)25-5-8-31-27(17-25)22-43(35(31)46)32-9-10-33(44)40-34(32)45/h3-8,17-19,23,26,29,32H,9-16,20-22H2,1-2H3,(H,37,38,39)(H,40,44,45)/t26-,32?/m0/s1. The summed E-state index contributed by atoms with van der Waals surface area (Å²) in [7, 11) is 0. The number of anilines is 2. The molecule has 240 valence electrons. The number of likely N-dealkylation sites (tertiary alicyclic amines) is 1. The second-order valence-electron chi connectivity index (χ2n) is 13.6. The van der Waals surface area contributed by atoms with Gasteiger partial charge in [0.05, 0.1) is 0 Å². The van der Waals surface area contributed by atoms with Crippen LogP contribution in [0.4, 0.5) is 11.6 Å². The third kappa shape index (κ3) is 6.35. The summed E-state index contributed by atoms with van der Waals surface area (Å²) in [5, 5.41) is 5.90. The van der Waals surface area contributed by atoms with Gasteiger partial charge in [0.1, 0.15) is 6.04 Å². The topological polar surface area (TPSA) is 111 Å². The van der Waals surface area contributed by atoms with E-state index in [2.05, 4.69) is 80.6 Å². The normalized spacial score (nSPS) is 22.5. The Hall–Kier alpha value is -4.31. The lowest BCUT2D eigenvalue weighted by Crippen LogP contribution is -2.52. The fourth-order valence-corrected chi connectivity index (χ4v) is 7.34. The number of carbonyl (C=O) groups excluding carboxylic acids is 3. The van der Waals surface area contributed by atoms with Gasteiger partial charge in [0, 0.05) is 68.8 Å². The monoisotopic (exact) mass is 621 g/mol. The van der Waals surface area contributed by atoms with E-state index in [-0.39, 0.29) is 24.1 Å². The van der Waals surface area contributed by atoms with Crippen molar-refractivity contribution in [1.29, 1.82) is 0 Å². The van der Waals surface area contributed by atoms with E-state index in [1.54, 1.807) is 4.90 Å². The molecule has 46 heavy (non-hydrogen) atoms. The number of fused-ring (bicyclic) bond motifs is 1. The summed E-state index contributed by atoms with van der Waals surface area (Å²) in [4.78, 5) is 52.7. The van der Waals surface area contributed by atoms with Crippen molar-refractivity contribution in [3.63, 3.8) is 0 Å². The third-order valence-corrected chi connectivity index (χ3v) is 10.2. The molecule has 3 amide bonds. The molecule has 1 unspecified atom stereocenters. The minimum atomic E-state index is -0.577. The van der Waals surface area contributed by atoms with Crippen molar-refractivity contribution in [1.82, 2.24) is 25.1 Å². The van der Waals surface area contributed by atoms with E-state index in [4.69, 9.17) is 0 Å². The molecular formula is C36H43N7O3. The molecule has 4 aliphatic rings. The number of imide groups is 1. The van der Waals surface area contributed by atoms with Gasteiger partial charge in [-0.2, -0.15) is 0 Å². The Morgan fingerprint density at radius 3 is 2.41 bits per heavy atom. The van der Waals surface area contributed by atoms with Crippen LogP contribution in [-0.2, 0) is 22.7 Å². The van der Waals surface area contributed by atoms with E-state index in [1.165, 1.54) is 16.8 Å². The molecule has 2 N–H and O–H groups in total. The third-order valence-electron chi connectivity index (χ3n) is 10.2. The van der Waals surface area contributed by atoms with Crippen LogP contribution >= 0.6 is 0 Å². The van der Waals surface area contributed by atoms with Gasteiger partial charge in [-0.3, -0.25) is 24.6 Å². The minimum absolute atomic E-state index is 0.115. The summed E-state index contributed by atoms with van der Waals surface area (Å²) in [6, 6.07) is 15.0. The van der Waals surface area contributed by atoms with Gasteiger partial charge >= 0.3 is 0 Å². The molecular weight excluding hydrogens is 578 g/mol. The Kier molecular flexibility index (Phi) is 8.46. The molecule has 4 aliphatic heterocycles. The first-order chi connectivity index (χ1) is 22.3. The summed E-state index contributed by atoms with van der Waals surface area (Å²) >= 11 is 0. The summed E-state index contributed by atoms with van der Waals surface area (Å²) in [6.07, 6.45) is 7.69. The molecule has 2 aromatic carbocycles. The predicted octanol–water partition coefficient (Wildman–Crippen LogP) is 4.43. The van der Waals surface area contributed by atoms with Crippen LogP contribution in [0.15, 0.2) is 54.9 Å². The first-order valence-corrected chi connectivity index (χ1v) is 16.7. The SMILES string of the molecule is CC(C)c1cnc(NC2CCN(c3ccc(CN4CC[C@H](c5ccc6c(c5)CN(C5CCC(=O)NC5=O)C6=O)C4)cc3)CC2)nc1. The van der Waals surface area contributed by atoms with Crippen molar-refractivity contribution in [2.45, 2.75) is 83.0 Å². The van der Waals surface area contributed by atoms with Gasteiger partial charge in [-0.15, -0.1) is 0 Å². The van der Waals surface area contributed by atoms with E-state index >= 15 is 0 Å². The number of piperidine rings is 2. The second kappa shape index (κ2) is 12.8. The molecule has 0 spiro atoms. The maximum Gasteiger partial charge on any atom is 0.255 e. The number of amides is 3. The summed E-state index contributed by atoms with van der Waals surface area (Å²) < 4.78 is 0. The Balaban J connectivity index is 0.893. The van der Waals surface area contributed by atoms with Gasteiger partial charge in [-0.05, 0) is 84.5 Å². The maximum atomic E-state index is 13.1. The van der Waals surface area contributed by atoms with Crippen LogP contribution in [0.25, 0.3) is 0 Å². The van der Waals surface area contributed by atoms with Crippen molar-refractivity contribution in [2.75, 3.05) is 36.4 Å². The van der Waals surface area contributed by atoms with Crippen LogP contribution < -0.4 is 15.5 Å². The van der Waals surface area contributed by atoms with Crippen molar-refractivity contribution in [3.05, 3.63) is 82.7 Å². The van der Waals surface area contributed by atoms with Crippen LogP contribution in [-0.4, -0.2) is 75.8 Å². The highest BCUT2D eigenvalue weighted by atomic mass is 16.2. The highest BCUT2D eigenvalue weighted by Crippen LogP contribution is 2.34. The summed E-state index contributed by atoms with van der Waals surface area (Å²) in [5.41, 5.74) is 6.67. The second-order valence-corrected chi connectivity index (χ2v) is 13.6. The number of nitrogens with one attached hydrogen (secondary N) is 2. The number of hydrogen-bond acceptors (Lipinski definition) is 8. The molecule has 2 atom stereocenters. The van der Waals surface area contributed by atoms with Crippen LogP contribution in [0.3, 0.4) is 0 Å². The van der Waals surface area contributed by atoms with Crippen molar-refractivity contribution in [3.8, 4) is 0 Å². The minimum Gasteiger partial charge on any atom is -0.371 e. The molecule has 0 bridgehead atoms. The van der Waals surface area contributed by atoms with Crippen LogP contribution in [0.5, 0.6) is 0 Å². The van der Waals surface area contributed by atoms with E-state index in [0.29, 0.717) is 36.4 Å². The Morgan fingerprint density at radius 1 is 0.935 bits per heavy atom. The zero-order chi connectivity index (χ0) is 31.8. The highest BCUT2D eigenvalue weighted by molar-refractivity contribution is 6.05. The zero-order valence-electron chi connectivity index (χ0n) is 26.7. The average Bonchev–Trinajstić information content (AvgIpc) is 3.66. The molecule has 0 aliphatic carbocycles. The molecule has 0 saturated carbocycles. The number of benzene rings is 2. The summed E-state index contributed by atoms with van der Waals surface area (Å²) in [5.74, 6) is 0.822. The molecule has 3 saturated heterocycles. The van der Waals surface area contributed by atoms with Crippen molar-refractivity contribution < 1.29 is 14.4 Å². The van der Waals surface area contributed by atoms with Gasteiger partial charge in [0.15, 0.2) is 0 Å². The first-order valence-electron chi connectivity index (χ1n) is 16.7. The van der Waals surface area contributed by atoms with Gasteiger partial charge in [0.2, 0.25) is 17.8 Å². The lowest BCUT2D eigenvalue weighted by atomic mass is 9.95. The van der Waals surface area contributed by atoms with Gasteiger partial charge in [-0.25, -0.2) is 9.97 Å². The fourth-order valence-electron chi connectivity index (χ4n) is 7.34. The number of aromatic nitrogens is 2. The van der Waals surface area contributed by atoms with Crippen molar-refractivity contribution in [2.24, 2.45) is 0 Å². The smallest absolute Gasteiger partial charge is 0.255 e. The molecule has 1 aromatic heterocycles. The van der Waals surface area contributed by atoms with E-state index in [1.807, 2.05) is 18.5 Å². The van der Waals surface area contributed by atoms with Crippen LogP contribution in [0, 0.1) is 0 Å². The number of hydrogen-bond donors (Lipinski definition) is 2. The number of carbonyl (C=O) groups is 3. The Bertz CT molecular complexity index is 1600. The molecule has 0 radical (unpaired) electrons. The number of nitrogens with zero attached hydrogens (tertiary/aromatic N) is 5. The molecule has 10 nitrogen and oxygen atoms in total. The zero-order valence-corrected chi connectivity index (χ0v) is 26.7. The van der Waals surface area contributed by atoms with Gasteiger partial charge < -0.3 is 15.1 Å². The van der Waals surface area contributed by atoms with E-state index in [0.717, 1.165) is 69.1 Å². The lowest BCUT2D eigenvalue weighted by Gasteiger charge is -2.34. The quantitative estimate of drug-likeness (QED) is 0.356. The average molecular weight is 622 g/mol.